The molecule has 0 aliphatic carbocycles. The average Bonchev–Trinajstić information content (AvgIpc) is 3.14. The standard InChI is InChI=1S/C17H18ClN3O4S/c1-20(11-12-10-13(21(24)25)6-7-14(12)18)16(22)5-2-8-19-17(23)15-4-3-9-26-15/h3-4,6-7,9-10H,2,5,8,11H2,1H3,(H,19,23). The number of carbonyl (C=O) groups is 2. The number of halogens is 1. The number of nitrogens with zero attached hydrogens (tertiary/aromatic N) is 2. The van der Waals surface area contributed by atoms with E-state index in [4.69, 9.17) is 11.6 Å². The molecule has 0 bridgehead atoms. The van der Waals surface area contributed by atoms with Crippen molar-refractivity contribution in [2.24, 2.45) is 0 Å². The summed E-state index contributed by atoms with van der Waals surface area (Å²) in [5.41, 5.74) is 0.448. The van der Waals surface area contributed by atoms with Crippen molar-refractivity contribution in [1.29, 1.82) is 0 Å². The fourth-order valence-corrected chi connectivity index (χ4v) is 3.08. The van der Waals surface area contributed by atoms with Gasteiger partial charge in [-0.2, -0.15) is 0 Å². The molecule has 7 nitrogen and oxygen atoms in total. The number of benzene rings is 1. The number of amides is 2. The Kier molecular flexibility index (Phi) is 7.11. The van der Waals surface area contributed by atoms with E-state index in [-0.39, 0.29) is 30.5 Å². The highest BCUT2D eigenvalue weighted by Crippen LogP contribution is 2.23. The number of nitrogens with one attached hydrogen (secondary N) is 1. The highest BCUT2D eigenvalue weighted by atomic mass is 35.5. The summed E-state index contributed by atoms with van der Waals surface area (Å²) in [4.78, 5) is 36.4. The maximum atomic E-state index is 12.2. The highest BCUT2D eigenvalue weighted by Gasteiger charge is 2.15. The SMILES string of the molecule is CN(Cc1cc([N+](=O)[O-])ccc1Cl)C(=O)CCCNC(=O)c1cccs1. The smallest absolute Gasteiger partial charge is 0.269 e. The van der Waals surface area contributed by atoms with Crippen LogP contribution < -0.4 is 5.32 Å². The topological polar surface area (TPSA) is 92.5 Å². The largest absolute Gasteiger partial charge is 0.351 e. The third kappa shape index (κ3) is 5.53. The van der Waals surface area contributed by atoms with Crippen LogP contribution in [0.15, 0.2) is 35.7 Å². The minimum Gasteiger partial charge on any atom is -0.351 e. The van der Waals surface area contributed by atoms with E-state index in [2.05, 4.69) is 5.32 Å². The van der Waals surface area contributed by atoms with E-state index in [1.54, 1.807) is 19.2 Å². The lowest BCUT2D eigenvalue weighted by Crippen LogP contribution is -2.28. The number of nitro groups is 1. The van der Waals surface area contributed by atoms with Crippen LogP contribution in [0.5, 0.6) is 0 Å². The quantitative estimate of drug-likeness (QED) is 0.420. The van der Waals surface area contributed by atoms with Crippen LogP contribution in [0.4, 0.5) is 5.69 Å². The van der Waals surface area contributed by atoms with E-state index in [0.717, 1.165) is 0 Å². The fourth-order valence-electron chi connectivity index (χ4n) is 2.27. The van der Waals surface area contributed by atoms with Gasteiger partial charge in [-0.25, -0.2) is 0 Å². The van der Waals surface area contributed by atoms with E-state index in [1.165, 1.54) is 34.4 Å². The predicted molar refractivity (Wildman–Crippen MR) is 100 cm³/mol. The Balaban J connectivity index is 1.80. The van der Waals surface area contributed by atoms with E-state index in [0.29, 0.717) is 28.4 Å². The maximum absolute atomic E-state index is 12.2. The van der Waals surface area contributed by atoms with Gasteiger partial charge in [0.1, 0.15) is 0 Å². The van der Waals surface area contributed by atoms with Crippen LogP contribution in [0.3, 0.4) is 0 Å². The van der Waals surface area contributed by atoms with Gasteiger partial charge in [0.25, 0.3) is 11.6 Å². The average molecular weight is 396 g/mol. The Morgan fingerprint density at radius 1 is 1.35 bits per heavy atom. The molecule has 0 saturated carbocycles. The number of nitro benzene ring substituents is 1. The first-order valence-corrected chi connectivity index (χ1v) is 9.12. The van der Waals surface area contributed by atoms with Crippen LogP contribution in [0.2, 0.25) is 5.02 Å². The summed E-state index contributed by atoms with van der Waals surface area (Å²) in [6, 6.07) is 7.68. The molecule has 2 rings (SSSR count). The van der Waals surface area contributed by atoms with E-state index in [1.807, 2.05) is 5.38 Å². The van der Waals surface area contributed by atoms with E-state index >= 15 is 0 Å². The zero-order chi connectivity index (χ0) is 19.1. The Labute approximate surface area is 159 Å². The minimum absolute atomic E-state index is 0.0680. The van der Waals surface area contributed by atoms with Crippen molar-refractivity contribution in [3.05, 3.63) is 61.3 Å². The van der Waals surface area contributed by atoms with E-state index < -0.39 is 4.92 Å². The van der Waals surface area contributed by atoms with E-state index in [9.17, 15) is 19.7 Å². The normalized spacial score (nSPS) is 10.4. The van der Waals surface area contributed by atoms with Gasteiger partial charge in [0.05, 0.1) is 9.80 Å². The molecule has 0 spiro atoms. The maximum Gasteiger partial charge on any atom is 0.269 e. The molecule has 1 aromatic carbocycles. The third-order valence-electron chi connectivity index (χ3n) is 3.67. The van der Waals surface area contributed by atoms with Crippen molar-refractivity contribution in [1.82, 2.24) is 10.2 Å². The van der Waals surface area contributed by atoms with Gasteiger partial charge in [-0.1, -0.05) is 17.7 Å². The molecule has 0 atom stereocenters. The lowest BCUT2D eigenvalue weighted by Gasteiger charge is -2.18. The van der Waals surface area contributed by atoms with Crippen molar-refractivity contribution in [2.75, 3.05) is 13.6 Å². The number of hydrogen-bond acceptors (Lipinski definition) is 5. The second-order valence-electron chi connectivity index (χ2n) is 5.62. The Hall–Kier alpha value is -2.45. The Morgan fingerprint density at radius 2 is 2.12 bits per heavy atom. The van der Waals surface area contributed by atoms with Crippen LogP contribution in [0.1, 0.15) is 28.1 Å². The van der Waals surface area contributed by atoms with Crippen molar-refractivity contribution >= 4 is 40.4 Å². The van der Waals surface area contributed by atoms with Crippen molar-refractivity contribution < 1.29 is 14.5 Å². The molecule has 0 radical (unpaired) electrons. The third-order valence-corrected chi connectivity index (χ3v) is 4.91. The molecule has 1 heterocycles. The molecule has 0 aliphatic rings. The van der Waals surface area contributed by atoms with Gasteiger partial charge >= 0.3 is 0 Å². The number of rotatable bonds is 8. The summed E-state index contributed by atoms with van der Waals surface area (Å²) in [5.74, 6) is -0.276. The molecule has 9 heteroatoms. The summed E-state index contributed by atoms with van der Waals surface area (Å²) >= 11 is 7.41. The number of carbonyl (C=O) groups excluding carboxylic acids is 2. The number of thiophene rings is 1. The summed E-state index contributed by atoms with van der Waals surface area (Å²) in [5, 5.41) is 15.8. The van der Waals surface area contributed by atoms with Crippen molar-refractivity contribution in [3.8, 4) is 0 Å². The lowest BCUT2D eigenvalue weighted by molar-refractivity contribution is -0.384. The van der Waals surface area contributed by atoms with Gasteiger partial charge in [0.2, 0.25) is 5.91 Å². The van der Waals surface area contributed by atoms with Crippen LogP contribution in [0.25, 0.3) is 0 Å². The number of non-ortho nitro benzene ring substituents is 1. The molecular formula is C17H18ClN3O4S. The minimum atomic E-state index is -0.502. The zero-order valence-corrected chi connectivity index (χ0v) is 15.7. The molecular weight excluding hydrogens is 378 g/mol. The molecule has 2 aromatic rings. The molecule has 0 unspecified atom stereocenters. The summed E-state index contributed by atoms with van der Waals surface area (Å²) in [6.07, 6.45) is 0.761. The monoisotopic (exact) mass is 395 g/mol. The second kappa shape index (κ2) is 9.30. The first-order chi connectivity index (χ1) is 12.4. The van der Waals surface area contributed by atoms with Gasteiger partial charge in [-0.15, -0.1) is 11.3 Å². The summed E-state index contributed by atoms with van der Waals surface area (Å²) < 4.78 is 0. The molecule has 0 saturated heterocycles. The van der Waals surface area contributed by atoms with Crippen LogP contribution in [-0.4, -0.2) is 35.2 Å². The molecule has 1 aromatic heterocycles. The molecule has 2 amide bonds. The van der Waals surface area contributed by atoms with Crippen LogP contribution in [-0.2, 0) is 11.3 Å². The van der Waals surface area contributed by atoms with Crippen LogP contribution >= 0.6 is 22.9 Å². The lowest BCUT2D eigenvalue weighted by atomic mass is 10.2. The first-order valence-electron chi connectivity index (χ1n) is 7.87. The molecule has 138 valence electrons. The predicted octanol–water partition coefficient (Wildman–Crippen LogP) is 3.48. The van der Waals surface area contributed by atoms with Gasteiger partial charge in [0, 0.05) is 43.7 Å². The fraction of sp³-hybridized carbons (Fsp3) is 0.294. The molecule has 26 heavy (non-hydrogen) atoms. The van der Waals surface area contributed by atoms with Gasteiger partial charge in [-0.05, 0) is 29.5 Å². The Bertz CT molecular complexity index is 795. The summed E-state index contributed by atoms with van der Waals surface area (Å²) in [7, 11) is 1.61. The van der Waals surface area contributed by atoms with Crippen molar-refractivity contribution in [2.45, 2.75) is 19.4 Å². The van der Waals surface area contributed by atoms with Crippen LogP contribution in [0, 0.1) is 10.1 Å². The van der Waals surface area contributed by atoms with Gasteiger partial charge in [0.15, 0.2) is 0 Å². The van der Waals surface area contributed by atoms with Crippen molar-refractivity contribution in [3.63, 3.8) is 0 Å². The molecule has 1 N–H and O–H groups in total. The highest BCUT2D eigenvalue weighted by molar-refractivity contribution is 7.12. The van der Waals surface area contributed by atoms with Gasteiger partial charge in [-0.3, -0.25) is 19.7 Å². The van der Waals surface area contributed by atoms with Gasteiger partial charge < -0.3 is 10.2 Å². The number of hydrogen-bond donors (Lipinski definition) is 1. The second-order valence-corrected chi connectivity index (χ2v) is 6.97. The molecule has 0 aliphatic heterocycles. The Morgan fingerprint density at radius 3 is 2.77 bits per heavy atom. The zero-order valence-electron chi connectivity index (χ0n) is 14.1. The summed E-state index contributed by atoms with van der Waals surface area (Å²) in [6.45, 7) is 0.578. The molecule has 0 fully saturated rings. The first kappa shape index (κ1) is 19.9.